The summed E-state index contributed by atoms with van der Waals surface area (Å²) in [5, 5.41) is 0. The van der Waals surface area contributed by atoms with Crippen molar-refractivity contribution in [2.75, 3.05) is 32.7 Å². The molecule has 3 heterocycles. The standard InChI is InChI=1S/C24H23N5O4/c30-21(6-3-9-29-23(32)17-4-1-2-5-18(17)24(29)33)27-10-12-28(13-11-27)22(31)16-7-8-19-20(14-16)26-15-25-19/h1-2,4-5,7-8,14-15H,3,6,9-13H2,(H,25,26). The maximum atomic E-state index is 12.8. The molecule has 168 valence electrons. The number of hydrogen-bond donors (Lipinski definition) is 1. The van der Waals surface area contributed by atoms with E-state index in [1.807, 2.05) is 6.07 Å². The van der Waals surface area contributed by atoms with Gasteiger partial charge in [0, 0.05) is 44.7 Å². The maximum Gasteiger partial charge on any atom is 0.261 e. The van der Waals surface area contributed by atoms with Crippen LogP contribution >= 0.6 is 0 Å². The minimum atomic E-state index is -0.302. The zero-order valence-electron chi connectivity index (χ0n) is 18.0. The van der Waals surface area contributed by atoms with Crippen LogP contribution in [0.15, 0.2) is 48.8 Å². The van der Waals surface area contributed by atoms with Crippen molar-refractivity contribution in [2.45, 2.75) is 12.8 Å². The number of nitrogens with one attached hydrogen (secondary N) is 1. The van der Waals surface area contributed by atoms with E-state index in [9.17, 15) is 19.2 Å². The van der Waals surface area contributed by atoms with Crippen LogP contribution in [0.5, 0.6) is 0 Å². The lowest BCUT2D eigenvalue weighted by Gasteiger charge is -2.35. The number of amides is 4. The fourth-order valence-corrected chi connectivity index (χ4v) is 4.40. The summed E-state index contributed by atoms with van der Waals surface area (Å²) < 4.78 is 0. The molecule has 0 unspecified atom stereocenters. The van der Waals surface area contributed by atoms with Crippen molar-refractivity contribution in [1.82, 2.24) is 24.7 Å². The summed E-state index contributed by atoms with van der Waals surface area (Å²) >= 11 is 0. The number of imide groups is 1. The number of imidazole rings is 1. The van der Waals surface area contributed by atoms with Gasteiger partial charge < -0.3 is 14.8 Å². The highest BCUT2D eigenvalue weighted by Crippen LogP contribution is 2.23. The number of carbonyl (C=O) groups excluding carboxylic acids is 4. The maximum absolute atomic E-state index is 12.8. The molecule has 9 nitrogen and oxygen atoms in total. The van der Waals surface area contributed by atoms with E-state index >= 15 is 0 Å². The van der Waals surface area contributed by atoms with Gasteiger partial charge in [-0.05, 0) is 36.8 Å². The van der Waals surface area contributed by atoms with Gasteiger partial charge in [-0.3, -0.25) is 24.1 Å². The van der Waals surface area contributed by atoms with Crippen LogP contribution in [0.2, 0.25) is 0 Å². The summed E-state index contributed by atoms with van der Waals surface area (Å²) in [6, 6.07) is 12.1. The molecule has 9 heteroatoms. The molecule has 0 spiro atoms. The van der Waals surface area contributed by atoms with Gasteiger partial charge in [-0.25, -0.2) is 4.98 Å². The molecule has 3 aromatic rings. The highest BCUT2D eigenvalue weighted by atomic mass is 16.2. The van der Waals surface area contributed by atoms with E-state index in [0.29, 0.717) is 49.3 Å². The van der Waals surface area contributed by atoms with Crippen LogP contribution in [-0.2, 0) is 4.79 Å². The highest BCUT2D eigenvalue weighted by molar-refractivity contribution is 6.21. The first-order valence-electron chi connectivity index (χ1n) is 11.0. The number of H-pyrrole nitrogens is 1. The van der Waals surface area contributed by atoms with Crippen LogP contribution in [0.1, 0.15) is 43.9 Å². The lowest BCUT2D eigenvalue weighted by atomic mass is 10.1. The third kappa shape index (κ3) is 3.86. The van der Waals surface area contributed by atoms with E-state index in [2.05, 4.69) is 9.97 Å². The molecule has 5 rings (SSSR count). The number of benzene rings is 2. The monoisotopic (exact) mass is 445 g/mol. The number of aromatic amines is 1. The van der Waals surface area contributed by atoms with Crippen molar-refractivity contribution in [3.63, 3.8) is 0 Å². The van der Waals surface area contributed by atoms with Gasteiger partial charge in [0.1, 0.15) is 0 Å². The Bertz CT molecular complexity index is 1220. The Morgan fingerprint density at radius 3 is 2.27 bits per heavy atom. The summed E-state index contributed by atoms with van der Waals surface area (Å²) in [5.41, 5.74) is 3.05. The molecule has 1 fully saturated rings. The molecule has 1 aromatic heterocycles. The van der Waals surface area contributed by atoms with Crippen LogP contribution in [-0.4, -0.2) is 81.0 Å². The molecule has 0 saturated carbocycles. The van der Waals surface area contributed by atoms with E-state index in [1.54, 1.807) is 52.5 Å². The van der Waals surface area contributed by atoms with Crippen molar-refractivity contribution in [2.24, 2.45) is 0 Å². The van der Waals surface area contributed by atoms with Gasteiger partial charge >= 0.3 is 0 Å². The number of nitrogens with zero attached hydrogens (tertiary/aromatic N) is 4. The van der Waals surface area contributed by atoms with Gasteiger partial charge in [0.15, 0.2) is 0 Å². The SMILES string of the molecule is O=C(CCCN1C(=O)c2ccccc2C1=O)N1CCN(C(=O)c2ccc3nc[nH]c3c2)CC1. The van der Waals surface area contributed by atoms with Crippen molar-refractivity contribution >= 4 is 34.7 Å². The second kappa shape index (κ2) is 8.50. The van der Waals surface area contributed by atoms with Gasteiger partial charge in [0.25, 0.3) is 17.7 Å². The quantitative estimate of drug-likeness (QED) is 0.604. The first kappa shape index (κ1) is 20.9. The number of piperazine rings is 1. The number of rotatable bonds is 5. The van der Waals surface area contributed by atoms with Gasteiger partial charge in [0.05, 0.1) is 28.5 Å². The number of aromatic nitrogens is 2. The molecular formula is C24H23N5O4. The molecule has 0 bridgehead atoms. The van der Waals surface area contributed by atoms with E-state index in [0.717, 1.165) is 11.0 Å². The molecule has 33 heavy (non-hydrogen) atoms. The molecule has 0 radical (unpaired) electrons. The van der Waals surface area contributed by atoms with Crippen LogP contribution in [0.3, 0.4) is 0 Å². The average molecular weight is 445 g/mol. The predicted molar refractivity (Wildman–Crippen MR) is 120 cm³/mol. The normalized spacial score (nSPS) is 15.9. The Labute approximate surface area is 190 Å². The zero-order valence-corrected chi connectivity index (χ0v) is 18.0. The summed E-state index contributed by atoms with van der Waals surface area (Å²) in [4.78, 5) is 62.2. The van der Waals surface area contributed by atoms with Crippen LogP contribution in [0.4, 0.5) is 0 Å². The van der Waals surface area contributed by atoms with E-state index in [1.165, 1.54) is 4.90 Å². The fourth-order valence-electron chi connectivity index (χ4n) is 4.40. The fraction of sp³-hybridized carbons (Fsp3) is 0.292. The van der Waals surface area contributed by atoms with Crippen molar-refractivity contribution < 1.29 is 19.2 Å². The van der Waals surface area contributed by atoms with E-state index in [4.69, 9.17) is 0 Å². The summed E-state index contributed by atoms with van der Waals surface area (Å²) in [7, 11) is 0. The smallest absolute Gasteiger partial charge is 0.261 e. The lowest BCUT2D eigenvalue weighted by molar-refractivity contribution is -0.132. The van der Waals surface area contributed by atoms with Crippen LogP contribution in [0, 0.1) is 0 Å². The molecule has 1 saturated heterocycles. The van der Waals surface area contributed by atoms with E-state index in [-0.39, 0.29) is 36.6 Å². The Balaban J connectivity index is 1.10. The van der Waals surface area contributed by atoms with Crippen LogP contribution in [0.25, 0.3) is 11.0 Å². The number of hydrogen-bond acceptors (Lipinski definition) is 5. The molecule has 2 aromatic carbocycles. The first-order valence-corrected chi connectivity index (χ1v) is 11.0. The summed E-state index contributed by atoms with van der Waals surface area (Å²) in [5.74, 6) is -0.700. The molecule has 2 aliphatic rings. The zero-order chi connectivity index (χ0) is 22.9. The molecule has 0 aliphatic carbocycles. The minimum Gasteiger partial charge on any atom is -0.345 e. The largest absolute Gasteiger partial charge is 0.345 e. The topological polar surface area (TPSA) is 107 Å². The van der Waals surface area contributed by atoms with Crippen LogP contribution < -0.4 is 0 Å². The predicted octanol–water partition coefficient (Wildman–Crippen LogP) is 1.92. The van der Waals surface area contributed by atoms with Gasteiger partial charge in [-0.15, -0.1) is 0 Å². The van der Waals surface area contributed by atoms with Crippen molar-refractivity contribution in [3.05, 3.63) is 65.5 Å². The Morgan fingerprint density at radius 1 is 0.909 bits per heavy atom. The number of fused-ring (bicyclic) bond motifs is 2. The van der Waals surface area contributed by atoms with Gasteiger partial charge in [-0.1, -0.05) is 12.1 Å². The van der Waals surface area contributed by atoms with Gasteiger partial charge in [-0.2, -0.15) is 0 Å². The van der Waals surface area contributed by atoms with E-state index < -0.39 is 0 Å². The third-order valence-corrected chi connectivity index (χ3v) is 6.24. The average Bonchev–Trinajstić information content (AvgIpc) is 3.42. The Hall–Kier alpha value is -4.01. The summed E-state index contributed by atoms with van der Waals surface area (Å²) in [6.07, 6.45) is 2.25. The molecule has 4 amide bonds. The number of carbonyl (C=O) groups is 4. The van der Waals surface area contributed by atoms with Crippen molar-refractivity contribution in [1.29, 1.82) is 0 Å². The molecule has 0 atom stereocenters. The minimum absolute atomic E-state index is 0.0300. The Kier molecular flexibility index (Phi) is 5.37. The second-order valence-electron chi connectivity index (χ2n) is 8.22. The summed E-state index contributed by atoms with van der Waals surface area (Å²) in [6.45, 7) is 2.06. The molecule has 2 aliphatic heterocycles. The third-order valence-electron chi connectivity index (χ3n) is 6.24. The first-order chi connectivity index (χ1) is 16.0. The second-order valence-corrected chi connectivity index (χ2v) is 8.22. The highest BCUT2D eigenvalue weighted by Gasteiger charge is 2.34. The molecular weight excluding hydrogens is 422 g/mol. The lowest BCUT2D eigenvalue weighted by Crippen LogP contribution is -2.50. The van der Waals surface area contributed by atoms with Gasteiger partial charge in [0.2, 0.25) is 5.91 Å². The molecule has 1 N–H and O–H groups in total. The Morgan fingerprint density at radius 2 is 1.58 bits per heavy atom. The van der Waals surface area contributed by atoms with Crippen molar-refractivity contribution in [3.8, 4) is 0 Å².